The summed E-state index contributed by atoms with van der Waals surface area (Å²) in [5.41, 5.74) is 3.16. The number of hydrogen-bond acceptors (Lipinski definition) is 3. The van der Waals surface area contributed by atoms with Crippen molar-refractivity contribution in [2.75, 3.05) is 0 Å². The predicted molar refractivity (Wildman–Crippen MR) is 79.3 cm³/mol. The van der Waals surface area contributed by atoms with Gasteiger partial charge >= 0.3 is 0 Å². The maximum atomic E-state index is 11.7. The lowest BCUT2D eigenvalue weighted by Crippen LogP contribution is -2.31. The summed E-state index contributed by atoms with van der Waals surface area (Å²) in [6.07, 6.45) is 0.348. The second-order valence-corrected chi connectivity index (χ2v) is 5.77. The Labute approximate surface area is 117 Å². The van der Waals surface area contributed by atoms with Crippen molar-refractivity contribution in [3.8, 4) is 10.6 Å². The Kier molecular flexibility index (Phi) is 4.32. The molecule has 0 atom stereocenters. The predicted octanol–water partition coefficient (Wildman–Crippen LogP) is 3.19. The third-order valence-corrected chi connectivity index (χ3v) is 3.55. The molecular formula is C15H18N2OS. The molecule has 0 fully saturated rings. The first kappa shape index (κ1) is 13.7. The third kappa shape index (κ3) is 3.89. The second kappa shape index (κ2) is 5.97. The maximum absolute atomic E-state index is 11.7. The standard InChI is InChI=1S/C15H18N2OS/c1-10(2)16-14(18)8-13-9-19-15(17-13)12-6-4-5-11(3)7-12/h4-7,9-10H,8H2,1-3H3,(H,16,18). The Balaban J connectivity index is 2.09. The molecular weight excluding hydrogens is 256 g/mol. The molecule has 0 saturated heterocycles. The summed E-state index contributed by atoms with van der Waals surface area (Å²) in [7, 11) is 0. The average molecular weight is 274 g/mol. The number of hydrogen-bond donors (Lipinski definition) is 1. The second-order valence-electron chi connectivity index (χ2n) is 4.91. The van der Waals surface area contributed by atoms with Gasteiger partial charge in [-0.1, -0.05) is 23.8 Å². The van der Waals surface area contributed by atoms with Crippen LogP contribution in [0.4, 0.5) is 0 Å². The van der Waals surface area contributed by atoms with Gasteiger partial charge in [0.1, 0.15) is 5.01 Å². The number of aryl methyl sites for hydroxylation is 1. The molecule has 0 bridgehead atoms. The summed E-state index contributed by atoms with van der Waals surface area (Å²) in [6.45, 7) is 5.97. The van der Waals surface area contributed by atoms with Gasteiger partial charge in [0.05, 0.1) is 12.1 Å². The Morgan fingerprint density at radius 3 is 2.89 bits per heavy atom. The van der Waals surface area contributed by atoms with E-state index in [9.17, 15) is 4.79 Å². The van der Waals surface area contributed by atoms with Crippen molar-refractivity contribution >= 4 is 17.2 Å². The SMILES string of the molecule is Cc1cccc(-c2nc(CC(=O)NC(C)C)cs2)c1. The highest BCUT2D eigenvalue weighted by Crippen LogP contribution is 2.24. The van der Waals surface area contributed by atoms with E-state index in [-0.39, 0.29) is 11.9 Å². The summed E-state index contributed by atoms with van der Waals surface area (Å²) in [5, 5.41) is 5.80. The topological polar surface area (TPSA) is 42.0 Å². The number of benzene rings is 1. The van der Waals surface area contributed by atoms with Gasteiger partial charge in [-0.2, -0.15) is 0 Å². The lowest BCUT2D eigenvalue weighted by atomic mass is 10.1. The van der Waals surface area contributed by atoms with Crippen molar-refractivity contribution in [3.63, 3.8) is 0 Å². The quantitative estimate of drug-likeness (QED) is 0.930. The number of thiazole rings is 1. The zero-order valence-corrected chi connectivity index (χ0v) is 12.3. The molecule has 19 heavy (non-hydrogen) atoms. The molecule has 2 aromatic rings. The van der Waals surface area contributed by atoms with E-state index >= 15 is 0 Å². The molecule has 1 N–H and O–H groups in total. The number of nitrogens with one attached hydrogen (secondary N) is 1. The molecule has 0 aliphatic carbocycles. The molecule has 1 aromatic heterocycles. The number of carbonyl (C=O) groups is 1. The lowest BCUT2D eigenvalue weighted by molar-refractivity contribution is -0.120. The van der Waals surface area contributed by atoms with Crippen LogP contribution in [0.3, 0.4) is 0 Å². The highest BCUT2D eigenvalue weighted by molar-refractivity contribution is 7.13. The summed E-state index contributed by atoms with van der Waals surface area (Å²) in [4.78, 5) is 16.2. The summed E-state index contributed by atoms with van der Waals surface area (Å²) >= 11 is 1.58. The summed E-state index contributed by atoms with van der Waals surface area (Å²) < 4.78 is 0. The van der Waals surface area contributed by atoms with Gasteiger partial charge in [0, 0.05) is 17.0 Å². The van der Waals surface area contributed by atoms with Crippen LogP contribution in [-0.2, 0) is 11.2 Å². The van der Waals surface area contributed by atoms with Gasteiger partial charge in [0.25, 0.3) is 0 Å². The fourth-order valence-electron chi connectivity index (χ4n) is 1.84. The van der Waals surface area contributed by atoms with E-state index in [1.54, 1.807) is 11.3 Å². The monoisotopic (exact) mass is 274 g/mol. The van der Waals surface area contributed by atoms with E-state index in [1.165, 1.54) is 5.56 Å². The molecule has 1 heterocycles. The van der Waals surface area contributed by atoms with Crippen LogP contribution in [0.25, 0.3) is 10.6 Å². The van der Waals surface area contributed by atoms with Crippen LogP contribution in [0.1, 0.15) is 25.1 Å². The molecule has 3 nitrogen and oxygen atoms in total. The minimum absolute atomic E-state index is 0.0242. The number of nitrogens with zero attached hydrogens (tertiary/aromatic N) is 1. The minimum atomic E-state index is 0.0242. The van der Waals surface area contributed by atoms with Gasteiger partial charge in [-0.3, -0.25) is 4.79 Å². The van der Waals surface area contributed by atoms with Crippen LogP contribution >= 0.6 is 11.3 Å². The third-order valence-electron chi connectivity index (χ3n) is 2.61. The van der Waals surface area contributed by atoms with E-state index in [0.29, 0.717) is 6.42 Å². The Morgan fingerprint density at radius 1 is 1.42 bits per heavy atom. The largest absolute Gasteiger partial charge is 0.354 e. The van der Waals surface area contributed by atoms with Crippen LogP contribution in [-0.4, -0.2) is 16.9 Å². The van der Waals surface area contributed by atoms with Crippen molar-refractivity contribution < 1.29 is 4.79 Å². The molecule has 0 aliphatic rings. The number of rotatable bonds is 4. The lowest BCUT2D eigenvalue weighted by Gasteiger charge is -2.06. The maximum Gasteiger partial charge on any atom is 0.226 e. The van der Waals surface area contributed by atoms with Crippen molar-refractivity contribution in [2.24, 2.45) is 0 Å². The number of carbonyl (C=O) groups excluding carboxylic acids is 1. The van der Waals surface area contributed by atoms with Gasteiger partial charge in [-0.05, 0) is 26.8 Å². The Bertz CT molecular complexity index is 575. The van der Waals surface area contributed by atoms with Gasteiger partial charge < -0.3 is 5.32 Å². The molecule has 2 rings (SSSR count). The minimum Gasteiger partial charge on any atom is -0.354 e. The summed E-state index contributed by atoms with van der Waals surface area (Å²) in [5.74, 6) is 0.0242. The van der Waals surface area contributed by atoms with Crippen LogP contribution in [0.15, 0.2) is 29.6 Å². The van der Waals surface area contributed by atoms with Gasteiger partial charge in [0.15, 0.2) is 0 Å². The van der Waals surface area contributed by atoms with E-state index < -0.39 is 0 Å². The van der Waals surface area contributed by atoms with Crippen LogP contribution < -0.4 is 5.32 Å². The van der Waals surface area contributed by atoms with Crippen molar-refractivity contribution in [2.45, 2.75) is 33.2 Å². The normalized spacial score (nSPS) is 10.7. The first-order chi connectivity index (χ1) is 9.04. The Hall–Kier alpha value is -1.68. The molecule has 0 saturated carbocycles. The number of aromatic nitrogens is 1. The highest BCUT2D eigenvalue weighted by Gasteiger charge is 2.09. The smallest absolute Gasteiger partial charge is 0.226 e. The zero-order chi connectivity index (χ0) is 13.8. The van der Waals surface area contributed by atoms with Crippen LogP contribution in [0.5, 0.6) is 0 Å². The highest BCUT2D eigenvalue weighted by atomic mass is 32.1. The van der Waals surface area contributed by atoms with E-state index in [0.717, 1.165) is 16.3 Å². The summed E-state index contributed by atoms with van der Waals surface area (Å²) in [6, 6.07) is 8.41. The van der Waals surface area contributed by atoms with E-state index in [2.05, 4.69) is 29.4 Å². The number of amides is 1. The van der Waals surface area contributed by atoms with E-state index in [1.807, 2.05) is 31.4 Å². The molecule has 0 spiro atoms. The van der Waals surface area contributed by atoms with Crippen molar-refractivity contribution in [1.29, 1.82) is 0 Å². The Morgan fingerprint density at radius 2 is 2.21 bits per heavy atom. The molecule has 0 radical (unpaired) electrons. The van der Waals surface area contributed by atoms with E-state index in [4.69, 9.17) is 0 Å². The van der Waals surface area contributed by atoms with Crippen LogP contribution in [0, 0.1) is 6.92 Å². The van der Waals surface area contributed by atoms with Gasteiger partial charge in [-0.15, -0.1) is 11.3 Å². The van der Waals surface area contributed by atoms with Crippen LogP contribution in [0.2, 0.25) is 0 Å². The molecule has 4 heteroatoms. The molecule has 100 valence electrons. The van der Waals surface area contributed by atoms with Gasteiger partial charge in [0.2, 0.25) is 5.91 Å². The van der Waals surface area contributed by atoms with Gasteiger partial charge in [-0.25, -0.2) is 4.98 Å². The fraction of sp³-hybridized carbons (Fsp3) is 0.333. The molecule has 1 aromatic carbocycles. The molecule has 1 amide bonds. The zero-order valence-electron chi connectivity index (χ0n) is 11.4. The first-order valence-electron chi connectivity index (χ1n) is 6.35. The molecule has 0 aliphatic heterocycles. The van der Waals surface area contributed by atoms with Crippen molar-refractivity contribution in [1.82, 2.24) is 10.3 Å². The van der Waals surface area contributed by atoms with Crippen molar-refractivity contribution in [3.05, 3.63) is 40.9 Å². The average Bonchev–Trinajstić information content (AvgIpc) is 2.76. The fourth-order valence-corrected chi connectivity index (χ4v) is 2.65. The molecule has 0 unspecified atom stereocenters. The first-order valence-corrected chi connectivity index (χ1v) is 7.23.